The lowest BCUT2D eigenvalue weighted by Crippen LogP contribution is -2.51. The maximum atomic E-state index is 16.5. The van der Waals surface area contributed by atoms with E-state index < -0.39 is 23.3 Å². The molecule has 4 fully saturated rings. The number of anilines is 2. The zero-order valence-corrected chi connectivity index (χ0v) is 22.0. The van der Waals surface area contributed by atoms with Crippen molar-refractivity contribution < 1.29 is 17.9 Å². The van der Waals surface area contributed by atoms with Gasteiger partial charge in [0.25, 0.3) is 0 Å². The molecule has 4 atom stereocenters. The summed E-state index contributed by atoms with van der Waals surface area (Å²) in [6.07, 6.45) is 3.30. The fourth-order valence-corrected chi connectivity index (χ4v) is 7.25. The predicted octanol–water partition coefficient (Wildman–Crippen LogP) is 3.92. The maximum Gasteiger partial charge on any atom is 0.319 e. The molecule has 0 aliphatic carbocycles. The Balaban J connectivity index is 1.37. The van der Waals surface area contributed by atoms with Crippen LogP contribution in [-0.2, 0) is 0 Å². The Hall–Kier alpha value is -3.62. The molecule has 2 aromatic carbocycles. The summed E-state index contributed by atoms with van der Waals surface area (Å²) in [5.41, 5.74) is 5.10. The third kappa shape index (κ3) is 4.04. The number of nitrogens with two attached hydrogens (primary N) is 1. The smallest absolute Gasteiger partial charge is 0.319 e. The van der Waals surface area contributed by atoms with Crippen molar-refractivity contribution in [3.63, 3.8) is 0 Å². The summed E-state index contributed by atoms with van der Waals surface area (Å²) in [6.45, 7) is 2.71. The molecule has 4 aliphatic heterocycles. The average Bonchev–Trinajstić information content (AvgIpc) is 3.58. The van der Waals surface area contributed by atoms with Crippen LogP contribution >= 0.6 is 0 Å². The van der Waals surface area contributed by atoms with Crippen molar-refractivity contribution >= 4 is 22.4 Å². The van der Waals surface area contributed by atoms with Gasteiger partial charge in [0.15, 0.2) is 5.82 Å². The lowest BCUT2D eigenvalue weighted by molar-refractivity contribution is 0.107. The van der Waals surface area contributed by atoms with Gasteiger partial charge in [0.05, 0.1) is 17.2 Å². The molecule has 4 saturated heterocycles. The Bertz CT molecular complexity index is 1510. The van der Waals surface area contributed by atoms with Gasteiger partial charge in [-0.3, -0.25) is 4.90 Å². The number of fused-ring (bicyclic) bond motifs is 4. The Morgan fingerprint density at radius 3 is 2.70 bits per heavy atom. The zero-order valence-electron chi connectivity index (χ0n) is 22.0. The summed E-state index contributed by atoms with van der Waals surface area (Å²) in [4.78, 5) is 13.4. The van der Waals surface area contributed by atoms with E-state index in [1.807, 2.05) is 6.07 Å². The van der Waals surface area contributed by atoms with Gasteiger partial charge in [0, 0.05) is 60.3 Å². The molecular formula is C29H30F3N7O. The van der Waals surface area contributed by atoms with Crippen LogP contribution in [0.5, 0.6) is 6.01 Å². The van der Waals surface area contributed by atoms with Crippen LogP contribution in [0, 0.1) is 23.0 Å². The van der Waals surface area contributed by atoms with Gasteiger partial charge in [-0.15, -0.1) is 0 Å². The van der Waals surface area contributed by atoms with Crippen LogP contribution < -0.4 is 20.7 Å². The average molecular weight is 550 g/mol. The highest BCUT2D eigenvalue weighted by Gasteiger charge is 2.49. The van der Waals surface area contributed by atoms with E-state index in [0.717, 1.165) is 32.2 Å². The largest absolute Gasteiger partial charge is 0.461 e. The van der Waals surface area contributed by atoms with Gasteiger partial charge >= 0.3 is 6.01 Å². The van der Waals surface area contributed by atoms with Gasteiger partial charge in [0.1, 0.15) is 29.9 Å². The first-order valence-corrected chi connectivity index (χ1v) is 13.9. The maximum absolute atomic E-state index is 16.5. The quantitative estimate of drug-likeness (QED) is 0.462. The number of nitrogens with one attached hydrogen (secondary N) is 1. The summed E-state index contributed by atoms with van der Waals surface area (Å²) >= 11 is 0. The Kier molecular flexibility index (Phi) is 6.02. The lowest BCUT2D eigenvalue weighted by atomic mass is 9.95. The molecule has 5 heterocycles. The van der Waals surface area contributed by atoms with Crippen LogP contribution in [0.4, 0.5) is 24.7 Å². The molecule has 7 rings (SSSR count). The van der Waals surface area contributed by atoms with Crippen LogP contribution in [0.25, 0.3) is 22.0 Å². The summed E-state index contributed by atoms with van der Waals surface area (Å²) in [6, 6.07) is 8.15. The molecule has 40 heavy (non-hydrogen) atoms. The number of halogens is 3. The minimum absolute atomic E-state index is 0.0154. The third-order valence-corrected chi connectivity index (χ3v) is 9.05. The number of benzene rings is 2. The number of hydrogen-bond acceptors (Lipinski definition) is 8. The molecular weight excluding hydrogens is 519 g/mol. The normalized spacial score (nSPS) is 27.8. The molecule has 1 aromatic heterocycles. The summed E-state index contributed by atoms with van der Waals surface area (Å²) in [7, 11) is 0. The van der Waals surface area contributed by atoms with Crippen molar-refractivity contribution in [1.82, 2.24) is 20.2 Å². The van der Waals surface area contributed by atoms with E-state index in [1.54, 1.807) is 0 Å². The second-order valence-corrected chi connectivity index (χ2v) is 11.6. The number of aromatic nitrogens is 2. The van der Waals surface area contributed by atoms with E-state index in [1.165, 1.54) is 24.3 Å². The fourth-order valence-electron chi connectivity index (χ4n) is 7.25. The van der Waals surface area contributed by atoms with E-state index in [9.17, 15) is 14.0 Å². The molecule has 0 spiro atoms. The van der Waals surface area contributed by atoms with E-state index in [-0.39, 0.29) is 52.6 Å². The highest BCUT2D eigenvalue weighted by atomic mass is 19.1. The van der Waals surface area contributed by atoms with Gasteiger partial charge in [-0.2, -0.15) is 15.2 Å². The molecule has 0 saturated carbocycles. The number of piperazine rings is 1. The van der Waals surface area contributed by atoms with Crippen molar-refractivity contribution in [3.8, 4) is 23.2 Å². The number of hydrogen-bond donors (Lipinski definition) is 2. The summed E-state index contributed by atoms with van der Waals surface area (Å²) < 4.78 is 51.9. The topological polar surface area (TPSA) is 103 Å². The van der Waals surface area contributed by atoms with Gasteiger partial charge in [-0.05, 0) is 50.4 Å². The van der Waals surface area contributed by atoms with E-state index >= 15 is 4.39 Å². The van der Waals surface area contributed by atoms with E-state index in [4.69, 9.17) is 15.5 Å². The zero-order chi connectivity index (χ0) is 27.6. The second-order valence-electron chi connectivity index (χ2n) is 11.6. The lowest BCUT2D eigenvalue weighted by Gasteiger charge is -2.34. The van der Waals surface area contributed by atoms with Gasteiger partial charge < -0.3 is 20.7 Å². The minimum Gasteiger partial charge on any atom is -0.461 e. The first-order chi connectivity index (χ1) is 19.3. The molecule has 2 unspecified atom stereocenters. The van der Waals surface area contributed by atoms with Gasteiger partial charge in [0.2, 0.25) is 0 Å². The number of nitrogens with zero attached hydrogens (tertiary/aromatic N) is 5. The van der Waals surface area contributed by atoms with Crippen molar-refractivity contribution in [1.29, 1.82) is 5.26 Å². The molecule has 208 valence electrons. The molecule has 2 bridgehead atoms. The molecule has 8 nitrogen and oxygen atoms in total. The number of alkyl halides is 1. The highest BCUT2D eigenvalue weighted by Crippen LogP contribution is 2.42. The first kappa shape index (κ1) is 25.4. The first-order valence-electron chi connectivity index (χ1n) is 13.9. The standard InChI is InChI=1S/C29H30F3N7O/c30-17-10-29(7-2-8-39(29)12-17)15-40-28-36-26-20(27(37-28)38-13-18-5-6-19(14-38)35-18)9-16(11-33)23(25(26)32)24-21(31)3-1-4-22(24)34/h1,3-4,9,17-19,35H,2,5-8,10,12-15,34H2/t17-,18?,19?,29+/m1/s1. The van der Waals surface area contributed by atoms with Crippen LogP contribution in [0.3, 0.4) is 0 Å². The number of nitrogen functional groups attached to an aromatic ring is 1. The van der Waals surface area contributed by atoms with Crippen molar-refractivity contribution in [2.75, 3.05) is 43.4 Å². The number of nitriles is 1. The molecule has 0 radical (unpaired) electrons. The summed E-state index contributed by atoms with van der Waals surface area (Å²) in [5, 5.41) is 13.9. The van der Waals surface area contributed by atoms with Crippen LogP contribution in [-0.4, -0.2) is 71.4 Å². The van der Waals surface area contributed by atoms with E-state index in [0.29, 0.717) is 37.3 Å². The van der Waals surface area contributed by atoms with Gasteiger partial charge in [-0.25, -0.2) is 13.2 Å². The SMILES string of the molecule is N#Cc1cc2c(N3CC4CCC(C3)N4)nc(OC[C@@]34CCCN3C[C@H](F)C4)nc2c(F)c1-c1c(N)cccc1F. The van der Waals surface area contributed by atoms with Crippen molar-refractivity contribution in [3.05, 3.63) is 41.5 Å². The molecule has 3 aromatic rings. The molecule has 4 aliphatic rings. The van der Waals surface area contributed by atoms with Crippen molar-refractivity contribution in [2.45, 2.75) is 55.9 Å². The number of rotatable bonds is 5. The van der Waals surface area contributed by atoms with Crippen LogP contribution in [0.1, 0.15) is 37.7 Å². The van der Waals surface area contributed by atoms with Crippen LogP contribution in [0.2, 0.25) is 0 Å². The fraction of sp³-hybridized carbons (Fsp3) is 0.483. The Morgan fingerprint density at radius 2 is 1.95 bits per heavy atom. The third-order valence-electron chi connectivity index (χ3n) is 9.05. The van der Waals surface area contributed by atoms with Gasteiger partial charge in [-0.1, -0.05) is 6.07 Å². The Morgan fingerprint density at radius 1 is 1.15 bits per heavy atom. The second kappa shape index (κ2) is 9.49. The molecule has 11 heteroatoms. The Labute approximate surface area is 229 Å². The van der Waals surface area contributed by atoms with Crippen molar-refractivity contribution in [2.24, 2.45) is 0 Å². The predicted molar refractivity (Wildman–Crippen MR) is 145 cm³/mol. The number of ether oxygens (including phenoxy) is 1. The monoisotopic (exact) mass is 549 g/mol. The van der Waals surface area contributed by atoms with E-state index in [2.05, 4.69) is 20.1 Å². The molecule has 0 amide bonds. The summed E-state index contributed by atoms with van der Waals surface area (Å²) in [5.74, 6) is -1.12. The minimum atomic E-state index is -0.913. The molecule has 3 N–H and O–H groups in total. The van der Waals surface area contributed by atoms with Crippen LogP contribution in [0.15, 0.2) is 24.3 Å². The highest BCUT2D eigenvalue weighted by molar-refractivity contribution is 5.97.